The van der Waals surface area contributed by atoms with Crippen molar-refractivity contribution in [1.29, 1.82) is 0 Å². The number of hydrogen-bond donors (Lipinski definition) is 0. The van der Waals surface area contributed by atoms with Crippen LogP contribution in [-0.2, 0) is 0 Å². The van der Waals surface area contributed by atoms with Crippen LogP contribution in [0.1, 0.15) is 10.4 Å². The zero-order chi connectivity index (χ0) is 11.7. The minimum absolute atomic E-state index is 0.0498. The number of rotatable bonds is 1. The first kappa shape index (κ1) is 10.6. The van der Waals surface area contributed by atoms with Crippen LogP contribution < -0.4 is 0 Å². The molecule has 0 aliphatic carbocycles. The van der Waals surface area contributed by atoms with E-state index in [1.165, 1.54) is 17.0 Å². The number of nitrogens with zero attached hydrogens (tertiary/aromatic N) is 1. The summed E-state index contributed by atoms with van der Waals surface area (Å²) in [6.45, 7) is 0. The summed E-state index contributed by atoms with van der Waals surface area (Å²) in [5, 5.41) is 1.67. The van der Waals surface area contributed by atoms with Gasteiger partial charge in [0, 0.05) is 19.7 Å². The van der Waals surface area contributed by atoms with Crippen molar-refractivity contribution in [3.8, 4) is 0 Å². The second kappa shape index (κ2) is 3.93. The molecule has 0 aromatic heterocycles. The summed E-state index contributed by atoms with van der Waals surface area (Å²) < 4.78 is 12.9. The van der Waals surface area contributed by atoms with Crippen LogP contribution >= 0.6 is 0 Å². The first-order valence-electron chi connectivity index (χ1n) is 4.99. The van der Waals surface area contributed by atoms with Crippen LogP contribution in [0.5, 0.6) is 0 Å². The van der Waals surface area contributed by atoms with Gasteiger partial charge in [-0.1, -0.05) is 12.1 Å². The van der Waals surface area contributed by atoms with Gasteiger partial charge in [-0.25, -0.2) is 4.39 Å². The molecule has 0 spiro atoms. The van der Waals surface area contributed by atoms with E-state index in [1.54, 1.807) is 38.4 Å². The van der Waals surface area contributed by atoms with E-state index in [0.29, 0.717) is 5.56 Å². The molecule has 0 saturated heterocycles. The van der Waals surface area contributed by atoms with E-state index < -0.39 is 0 Å². The van der Waals surface area contributed by atoms with Crippen molar-refractivity contribution in [1.82, 2.24) is 4.90 Å². The fourth-order valence-electron chi connectivity index (χ4n) is 1.61. The molecule has 0 aliphatic rings. The van der Waals surface area contributed by atoms with Gasteiger partial charge in [-0.15, -0.1) is 0 Å². The summed E-state index contributed by atoms with van der Waals surface area (Å²) in [5.74, 6) is -0.314. The Labute approximate surface area is 93.3 Å². The van der Waals surface area contributed by atoms with Gasteiger partial charge in [-0.3, -0.25) is 4.79 Å². The molecule has 0 N–H and O–H groups in total. The van der Waals surface area contributed by atoms with E-state index in [9.17, 15) is 9.18 Å². The van der Waals surface area contributed by atoms with Gasteiger partial charge in [0.1, 0.15) is 5.82 Å². The van der Waals surface area contributed by atoms with Gasteiger partial charge in [-0.05, 0) is 35.0 Å². The van der Waals surface area contributed by atoms with Gasteiger partial charge in [-0.2, -0.15) is 0 Å². The lowest BCUT2D eigenvalue weighted by molar-refractivity contribution is 0.0828. The van der Waals surface area contributed by atoms with Crippen molar-refractivity contribution >= 4 is 16.7 Å². The highest BCUT2D eigenvalue weighted by Gasteiger charge is 2.08. The second-order valence-corrected chi connectivity index (χ2v) is 3.91. The average molecular weight is 217 g/mol. The highest BCUT2D eigenvalue weighted by Crippen LogP contribution is 2.17. The summed E-state index contributed by atoms with van der Waals surface area (Å²) in [5.41, 5.74) is 0.615. The molecule has 2 rings (SSSR count). The third-order valence-corrected chi connectivity index (χ3v) is 2.46. The van der Waals surface area contributed by atoms with Crippen LogP contribution in [0.4, 0.5) is 4.39 Å². The fourth-order valence-corrected chi connectivity index (χ4v) is 1.61. The number of carbonyl (C=O) groups is 1. The Kier molecular flexibility index (Phi) is 2.60. The molecule has 0 heterocycles. The molecule has 0 unspecified atom stereocenters. The summed E-state index contributed by atoms with van der Waals surface area (Å²) in [6.07, 6.45) is 0. The molecular weight excluding hydrogens is 205 g/mol. The first-order valence-corrected chi connectivity index (χ1v) is 4.99. The second-order valence-electron chi connectivity index (χ2n) is 3.91. The average Bonchev–Trinajstić information content (AvgIpc) is 2.27. The van der Waals surface area contributed by atoms with Crippen LogP contribution in [-0.4, -0.2) is 24.9 Å². The van der Waals surface area contributed by atoms with Crippen LogP contribution in [0.15, 0.2) is 36.4 Å². The summed E-state index contributed by atoms with van der Waals surface area (Å²) in [6, 6.07) is 9.78. The predicted molar refractivity (Wildman–Crippen MR) is 61.9 cm³/mol. The fraction of sp³-hybridized carbons (Fsp3) is 0.154. The van der Waals surface area contributed by atoms with E-state index in [-0.39, 0.29) is 11.7 Å². The Morgan fingerprint density at radius 2 is 1.69 bits per heavy atom. The maximum atomic E-state index is 12.9. The van der Waals surface area contributed by atoms with Crippen molar-refractivity contribution in [2.75, 3.05) is 14.1 Å². The lowest BCUT2D eigenvalue weighted by Gasteiger charge is -2.10. The van der Waals surface area contributed by atoms with Crippen LogP contribution in [0.25, 0.3) is 10.8 Å². The van der Waals surface area contributed by atoms with Gasteiger partial charge in [0.05, 0.1) is 0 Å². The zero-order valence-electron chi connectivity index (χ0n) is 9.20. The van der Waals surface area contributed by atoms with E-state index in [1.807, 2.05) is 0 Å². The van der Waals surface area contributed by atoms with E-state index in [2.05, 4.69) is 0 Å². The van der Waals surface area contributed by atoms with E-state index in [0.717, 1.165) is 10.8 Å². The first-order chi connectivity index (χ1) is 7.58. The lowest BCUT2D eigenvalue weighted by Crippen LogP contribution is -2.21. The summed E-state index contributed by atoms with van der Waals surface area (Å²) >= 11 is 0. The van der Waals surface area contributed by atoms with Crippen molar-refractivity contribution in [3.63, 3.8) is 0 Å². The number of amides is 1. The molecule has 3 heteroatoms. The number of halogens is 1. The molecule has 0 atom stereocenters. The molecule has 1 amide bonds. The molecule has 82 valence electrons. The van der Waals surface area contributed by atoms with Crippen LogP contribution in [0.3, 0.4) is 0 Å². The Morgan fingerprint density at radius 3 is 2.38 bits per heavy atom. The number of benzene rings is 2. The zero-order valence-corrected chi connectivity index (χ0v) is 9.20. The Balaban J connectivity index is 2.52. The minimum atomic E-state index is -0.265. The maximum absolute atomic E-state index is 12.9. The molecule has 2 nitrogen and oxygen atoms in total. The van der Waals surface area contributed by atoms with E-state index in [4.69, 9.17) is 0 Å². The molecule has 0 saturated carbocycles. The SMILES string of the molecule is CN(C)C(=O)c1ccc2cc(F)ccc2c1. The number of fused-ring (bicyclic) bond motifs is 1. The minimum Gasteiger partial charge on any atom is -0.345 e. The molecule has 2 aromatic rings. The molecule has 0 aliphatic heterocycles. The van der Waals surface area contributed by atoms with Gasteiger partial charge in [0.2, 0.25) is 0 Å². The Morgan fingerprint density at radius 1 is 1.06 bits per heavy atom. The number of carbonyl (C=O) groups excluding carboxylic acids is 1. The van der Waals surface area contributed by atoms with Crippen molar-refractivity contribution in [3.05, 3.63) is 47.8 Å². The normalized spacial score (nSPS) is 10.4. The van der Waals surface area contributed by atoms with Crippen molar-refractivity contribution in [2.24, 2.45) is 0 Å². The Hall–Kier alpha value is -1.90. The van der Waals surface area contributed by atoms with Gasteiger partial charge in [0.15, 0.2) is 0 Å². The summed E-state index contributed by atoms with van der Waals surface area (Å²) in [7, 11) is 3.41. The smallest absolute Gasteiger partial charge is 0.253 e. The monoisotopic (exact) mass is 217 g/mol. The quantitative estimate of drug-likeness (QED) is 0.719. The lowest BCUT2D eigenvalue weighted by atomic mass is 10.1. The maximum Gasteiger partial charge on any atom is 0.253 e. The number of hydrogen-bond acceptors (Lipinski definition) is 1. The molecule has 2 aromatic carbocycles. The highest BCUT2D eigenvalue weighted by atomic mass is 19.1. The topological polar surface area (TPSA) is 20.3 Å². The van der Waals surface area contributed by atoms with Gasteiger partial charge in [0.25, 0.3) is 5.91 Å². The molecular formula is C13H12FNO. The highest BCUT2D eigenvalue weighted by molar-refractivity contribution is 5.98. The van der Waals surface area contributed by atoms with Crippen LogP contribution in [0, 0.1) is 5.82 Å². The predicted octanol–water partition coefficient (Wildman–Crippen LogP) is 2.68. The van der Waals surface area contributed by atoms with Gasteiger partial charge < -0.3 is 4.90 Å². The summed E-state index contributed by atoms with van der Waals surface area (Å²) in [4.78, 5) is 13.2. The third kappa shape index (κ3) is 1.89. The Bertz CT molecular complexity index is 549. The van der Waals surface area contributed by atoms with Gasteiger partial charge >= 0.3 is 0 Å². The standard InChI is InChI=1S/C13H12FNO/c1-15(2)13(16)11-4-3-10-8-12(14)6-5-9(10)7-11/h3-8H,1-2H3. The van der Waals surface area contributed by atoms with Crippen molar-refractivity contribution in [2.45, 2.75) is 0 Å². The van der Waals surface area contributed by atoms with Crippen LogP contribution in [0.2, 0.25) is 0 Å². The molecule has 0 fully saturated rings. The third-order valence-electron chi connectivity index (χ3n) is 2.46. The van der Waals surface area contributed by atoms with E-state index >= 15 is 0 Å². The molecule has 16 heavy (non-hydrogen) atoms. The molecule has 0 radical (unpaired) electrons. The van der Waals surface area contributed by atoms with Crippen molar-refractivity contribution < 1.29 is 9.18 Å². The molecule has 0 bridgehead atoms. The largest absolute Gasteiger partial charge is 0.345 e.